The van der Waals surface area contributed by atoms with E-state index in [2.05, 4.69) is 31.8 Å². The lowest BCUT2D eigenvalue weighted by molar-refractivity contribution is 0.391. The van der Waals surface area contributed by atoms with Crippen LogP contribution < -0.4 is 14.2 Å². The Morgan fingerprint density at radius 3 is 2.33 bits per heavy atom. The maximum absolute atomic E-state index is 5.85. The highest BCUT2D eigenvalue weighted by Crippen LogP contribution is 2.38. The molecule has 4 rings (SSSR count). The molecule has 0 fully saturated rings. The third-order valence-electron chi connectivity index (χ3n) is 4.91. The summed E-state index contributed by atoms with van der Waals surface area (Å²) in [5.74, 6) is 4.45. The molecule has 9 nitrogen and oxygen atoms in total. The van der Waals surface area contributed by atoms with Gasteiger partial charge in [-0.1, -0.05) is 13.0 Å². The molecule has 0 aliphatic rings. The fourth-order valence-corrected chi connectivity index (χ4v) is 3.98. The van der Waals surface area contributed by atoms with Crippen LogP contribution >= 0.6 is 11.9 Å². The summed E-state index contributed by atoms with van der Waals surface area (Å²) in [5, 5.41) is 8.98. The molecule has 4 aromatic rings. The molecule has 0 aliphatic heterocycles. The summed E-state index contributed by atoms with van der Waals surface area (Å²) < 4.78 is 22.3. The zero-order chi connectivity index (χ0) is 23.4. The van der Waals surface area contributed by atoms with Gasteiger partial charge in [-0.15, -0.1) is 10.2 Å². The SMILES string of the molecule is COc1cccc(OC)c1-n1c(NSC(C)Cc2ncc(C)cn2)nnc1-c1ccc(C)o1. The van der Waals surface area contributed by atoms with Crippen molar-refractivity contribution in [2.45, 2.75) is 32.4 Å². The summed E-state index contributed by atoms with van der Waals surface area (Å²) >= 11 is 1.51. The second-order valence-corrected chi connectivity index (χ2v) is 8.76. The molecule has 0 amide bonds. The van der Waals surface area contributed by atoms with E-state index in [1.54, 1.807) is 14.2 Å². The van der Waals surface area contributed by atoms with Gasteiger partial charge in [-0.3, -0.25) is 9.29 Å². The van der Waals surface area contributed by atoms with Crippen LogP contribution in [0, 0.1) is 13.8 Å². The van der Waals surface area contributed by atoms with Crippen LogP contribution in [0.4, 0.5) is 5.95 Å². The van der Waals surface area contributed by atoms with Gasteiger partial charge in [-0.2, -0.15) is 0 Å². The van der Waals surface area contributed by atoms with Crippen molar-refractivity contribution in [2.24, 2.45) is 0 Å². The molecule has 0 aliphatic carbocycles. The van der Waals surface area contributed by atoms with Crippen LogP contribution in [-0.2, 0) is 6.42 Å². The summed E-state index contributed by atoms with van der Waals surface area (Å²) in [6.07, 6.45) is 4.36. The molecule has 1 aromatic carbocycles. The molecule has 10 heteroatoms. The van der Waals surface area contributed by atoms with Crippen LogP contribution in [0.2, 0.25) is 0 Å². The lowest BCUT2D eigenvalue weighted by Crippen LogP contribution is -2.11. The molecule has 172 valence electrons. The average molecular weight is 467 g/mol. The summed E-state index contributed by atoms with van der Waals surface area (Å²) in [5.41, 5.74) is 1.71. The van der Waals surface area contributed by atoms with Crippen LogP contribution in [0.1, 0.15) is 24.1 Å². The molecule has 0 radical (unpaired) electrons. The third-order valence-corrected chi connectivity index (χ3v) is 5.77. The lowest BCUT2D eigenvalue weighted by Gasteiger charge is -2.17. The van der Waals surface area contributed by atoms with Crippen molar-refractivity contribution < 1.29 is 13.9 Å². The molecule has 33 heavy (non-hydrogen) atoms. The van der Waals surface area contributed by atoms with Gasteiger partial charge in [-0.25, -0.2) is 9.97 Å². The van der Waals surface area contributed by atoms with Gasteiger partial charge in [0.2, 0.25) is 11.8 Å². The number of rotatable bonds is 9. The van der Waals surface area contributed by atoms with Crippen LogP contribution in [0.3, 0.4) is 0 Å². The van der Waals surface area contributed by atoms with Gasteiger partial charge >= 0.3 is 0 Å². The summed E-state index contributed by atoms with van der Waals surface area (Å²) in [7, 11) is 3.23. The molecule has 3 heterocycles. The zero-order valence-corrected chi connectivity index (χ0v) is 20.0. The largest absolute Gasteiger partial charge is 0.494 e. The first kappa shape index (κ1) is 22.7. The number of furan rings is 1. The minimum atomic E-state index is 0.173. The van der Waals surface area contributed by atoms with Crippen molar-refractivity contribution in [2.75, 3.05) is 18.9 Å². The summed E-state index contributed by atoms with van der Waals surface area (Å²) in [6, 6.07) is 9.35. The number of aryl methyl sites for hydroxylation is 2. The second-order valence-electron chi connectivity index (χ2n) is 7.52. The van der Waals surface area contributed by atoms with Crippen LogP contribution in [0.15, 0.2) is 47.1 Å². The van der Waals surface area contributed by atoms with Gasteiger partial charge in [0.25, 0.3) is 0 Å². The van der Waals surface area contributed by atoms with E-state index in [1.807, 2.05) is 61.1 Å². The first-order valence-corrected chi connectivity index (χ1v) is 11.3. The molecule has 0 spiro atoms. The molecule has 1 atom stereocenters. The van der Waals surface area contributed by atoms with E-state index in [4.69, 9.17) is 13.9 Å². The molecular formula is C23H26N6O3S. The Morgan fingerprint density at radius 1 is 1.03 bits per heavy atom. The fourth-order valence-electron chi connectivity index (χ4n) is 3.31. The van der Waals surface area contributed by atoms with Gasteiger partial charge in [0.15, 0.2) is 5.76 Å². The number of hydrogen-bond donors (Lipinski definition) is 1. The Bertz CT molecular complexity index is 1200. The summed E-state index contributed by atoms with van der Waals surface area (Å²) in [4.78, 5) is 8.80. The Hall–Kier alpha value is -3.53. The van der Waals surface area contributed by atoms with Gasteiger partial charge in [0.1, 0.15) is 28.8 Å². The molecule has 0 bridgehead atoms. The maximum Gasteiger partial charge on any atom is 0.239 e. The number of para-hydroxylation sites is 1. The quantitative estimate of drug-likeness (QED) is 0.353. The van der Waals surface area contributed by atoms with Gasteiger partial charge in [-0.05, 0) is 55.6 Å². The van der Waals surface area contributed by atoms with Crippen molar-refractivity contribution in [3.8, 4) is 28.8 Å². The number of anilines is 1. The van der Waals surface area contributed by atoms with Crippen molar-refractivity contribution in [3.63, 3.8) is 0 Å². The van der Waals surface area contributed by atoms with Gasteiger partial charge < -0.3 is 13.9 Å². The first-order valence-electron chi connectivity index (χ1n) is 10.4. The van der Waals surface area contributed by atoms with E-state index in [9.17, 15) is 0 Å². The summed E-state index contributed by atoms with van der Waals surface area (Å²) in [6.45, 7) is 5.96. The number of nitrogens with zero attached hydrogens (tertiary/aromatic N) is 5. The number of ether oxygens (including phenoxy) is 2. The van der Waals surface area contributed by atoms with Crippen molar-refractivity contribution in [1.82, 2.24) is 24.7 Å². The van der Waals surface area contributed by atoms with Crippen LogP contribution in [-0.4, -0.2) is 44.2 Å². The predicted octanol–water partition coefficient (Wildman–Crippen LogP) is 4.64. The van der Waals surface area contributed by atoms with Crippen molar-refractivity contribution >= 4 is 17.9 Å². The Morgan fingerprint density at radius 2 is 1.73 bits per heavy atom. The highest BCUT2D eigenvalue weighted by Gasteiger charge is 2.24. The highest BCUT2D eigenvalue weighted by molar-refractivity contribution is 8.01. The van der Waals surface area contributed by atoms with E-state index in [0.717, 1.165) is 17.1 Å². The first-order chi connectivity index (χ1) is 16.0. The van der Waals surface area contributed by atoms with E-state index in [0.29, 0.717) is 41.1 Å². The molecule has 1 N–H and O–H groups in total. The highest BCUT2D eigenvalue weighted by atomic mass is 32.2. The van der Waals surface area contributed by atoms with Crippen LogP contribution in [0.5, 0.6) is 11.5 Å². The van der Waals surface area contributed by atoms with E-state index in [-0.39, 0.29) is 5.25 Å². The van der Waals surface area contributed by atoms with Crippen LogP contribution in [0.25, 0.3) is 17.3 Å². The Labute approximate surface area is 196 Å². The minimum absolute atomic E-state index is 0.173. The number of hydrogen-bond acceptors (Lipinski definition) is 9. The standard InChI is InChI=1S/C23H26N6O3S/c1-14-12-24-20(25-13-14)11-16(3)33-28-23-27-26-22(19-10-9-15(2)32-19)29(23)21-17(30-4)7-6-8-18(21)31-5/h6-10,12-13,16H,11H2,1-5H3,(H,27,28). The van der Waals surface area contributed by atoms with Crippen molar-refractivity contribution in [1.29, 1.82) is 0 Å². The number of nitrogens with one attached hydrogen (secondary N) is 1. The smallest absolute Gasteiger partial charge is 0.239 e. The zero-order valence-electron chi connectivity index (χ0n) is 19.2. The van der Waals surface area contributed by atoms with E-state index in [1.165, 1.54) is 11.9 Å². The molecule has 0 saturated heterocycles. The number of benzene rings is 1. The van der Waals surface area contributed by atoms with E-state index < -0.39 is 0 Å². The minimum Gasteiger partial charge on any atom is -0.494 e. The number of aromatic nitrogens is 5. The molecular weight excluding hydrogens is 440 g/mol. The Balaban J connectivity index is 1.68. The van der Waals surface area contributed by atoms with Gasteiger partial charge in [0.05, 0.1) is 14.2 Å². The predicted molar refractivity (Wildman–Crippen MR) is 128 cm³/mol. The van der Waals surface area contributed by atoms with E-state index >= 15 is 0 Å². The monoisotopic (exact) mass is 466 g/mol. The molecule has 3 aromatic heterocycles. The third kappa shape index (κ3) is 4.95. The normalized spacial score (nSPS) is 11.9. The molecule has 1 unspecified atom stereocenters. The lowest BCUT2D eigenvalue weighted by atomic mass is 10.2. The maximum atomic E-state index is 5.85. The topological polar surface area (TPSA) is 100 Å². The second kappa shape index (κ2) is 9.95. The molecule has 0 saturated carbocycles. The fraction of sp³-hybridized carbons (Fsp3) is 0.304. The van der Waals surface area contributed by atoms with Crippen molar-refractivity contribution in [3.05, 3.63) is 59.9 Å². The Kier molecular flexibility index (Phi) is 6.83. The number of methoxy groups -OCH3 is 2. The average Bonchev–Trinajstić information content (AvgIpc) is 3.44. The van der Waals surface area contributed by atoms with Gasteiger partial charge in [0, 0.05) is 24.1 Å².